The van der Waals surface area contributed by atoms with Gasteiger partial charge in [0.15, 0.2) is 5.82 Å². The summed E-state index contributed by atoms with van der Waals surface area (Å²) in [6.45, 7) is 0. The molecule has 0 radical (unpaired) electrons. The van der Waals surface area contributed by atoms with E-state index in [1.165, 1.54) is 0 Å². The Morgan fingerprint density at radius 1 is 1.06 bits per heavy atom. The van der Waals surface area contributed by atoms with E-state index in [-0.39, 0.29) is 5.57 Å². The normalized spacial score (nSPS) is 15.9. The average molecular weight is 475 g/mol. The molecule has 0 saturated heterocycles. The Hall–Kier alpha value is -4.33. The summed E-state index contributed by atoms with van der Waals surface area (Å²) in [6, 6.07) is 11.1. The first-order chi connectivity index (χ1) is 16.2. The summed E-state index contributed by atoms with van der Waals surface area (Å²) >= 11 is 0. The predicted octanol–water partition coefficient (Wildman–Crippen LogP) is 3.80. The van der Waals surface area contributed by atoms with Crippen LogP contribution in [0.15, 0.2) is 65.1 Å². The van der Waals surface area contributed by atoms with Crippen molar-refractivity contribution in [2.75, 3.05) is 19.1 Å². The van der Waals surface area contributed by atoms with Crippen molar-refractivity contribution in [3.8, 4) is 6.07 Å². The van der Waals surface area contributed by atoms with Crippen LogP contribution in [0.3, 0.4) is 0 Å². The van der Waals surface area contributed by atoms with Crippen molar-refractivity contribution in [2.45, 2.75) is 12.3 Å². The predicted molar refractivity (Wildman–Crippen MR) is 111 cm³/mol. The van der Waals surface area contributed by atoms with E-state index in [1.807, 2.05) is 6.07 Å². The van der Waals surface area contributed by atoms with Crippen LogP contribution in [0.4, 0.5) is 23.2 Å². The number of nitrogens with two attached hydrogens (primary N) is 1. The Labute approximate surface area is 191 Å². The zero-order valence-electron chi connectivity index (χ0n) is 17.8. The number of carbonyl (C=O) groups excluding carboxylic acids is 2. The molecule has 0 bridgehead atoms. The number of carbonyl (C=O) groups is 2. The molecule has 7 nitrogen and oxygen atoms in total. The molecule has 1 aliphatic heterocycles. The first-order valence-electron chi connectivity index (χ1n) is 9.61. The monoisotopic (exact) mass is 475 g/mol. The summed E-state index contributed by atoms with van der Waals surface area (Å²) < 4.78 is 65.4. The van der Waals surface area contributed by atoms with Crippen LogP contribution in [0.1, 0.15) is 23.5 Å². The summed E-state index contributed by atoms with van der Waals surface area (Å²) in [5.74, 6) is -7.34. The van der Waals surface area contributed by atoms with Gasteiger partial charge >= 0.3 is 11.9 Å². The summed E-state index contributed by atoms with van der Waals surface area (Å²) in [4.78, 5) is 26.3. The van der Waals surface area contributed by atoms with Crippen molar-refractivity contribution in [3.63, 3.8) is 0 Å². The van der Waals surface area contributed by atoms with Crippen molar-refractivity contribution in [2.24, 2.45) is 5.73 Å². The molecule has 0 amide bonds. The second kappa shape index (κ2) is 9.66. The number of ether oxygens (including phenoxy) is 2. The van der Waals surface area contributed by atoms with E-state index in [2.05, 4.69) is 0 Å². The highest BCUT2D eigenvalue weighted by Gasteiger charge is 2.44. The molecule has 2 aromatic carbocycles. The first-order valence-corrected chi connectivity index (χ1v) is 9.61. The van der Waals surface area contributed by atoms with Crippen LogP contribution in [-0.4, -0.2) is 26.2 Å². The number of methoxy groups -OCH3 is 2. The van der Waals surface area contributed by atoms with Gasteiger partial charge in [-0.1, -0.05) is 30.3 Å². The summed E-state index contributed by atoms with van der Waals surface area (Å²) in [5, 5.41) is 9.89. The molecule has 1 heterocycles. The Kier molecular flexibility index (Phi) is 6.91. The Bertz CT molecular complexity index is 1250. The van der Waals surface area contributed by atoms with Gasteiger partial charge in [0.1, 0.15) is 17.3 Å². The molecular weight excluding hydrogens is 458 g/mol. The Balaban J connectivity index is 2.47. The number of rotatable bonds is 5. The standard InChI is InChI=1S/C23H17F4N3O4/c1-33-22(31)17-15(11-6-4-3-5-7-11)12(10-28)21(29)30(19(17)23(32)34-2)14-9-8-13(24)16(18(14)25)20(26)27/h3-9,15,20H,29H2,1-2H3. The maximum atomic E-state index is 15.1. The molecule has 0 spiro atoms. The molecule has 2 N–H and O–H groups in total. The second-order valence-corrected chi connectivity index (χ2v) is 6.93. The molecule has 176 valence electrons. The van der Waals surface area contributed by atoms with Crippen LogP contribution in [0, 0.1) is 23.0 Å². The molecule has 0 saturated carbocycles. The SMILES string of the molecule is COC(=O)C1=C(C(=O)OC)N(c2ccc(F)c(C(F)F)c2F)C(N)=C(C#N)C1c1ccccc1. The lowest BCUT2D eigenvalue weighted by molar-refractivity contribution is -0.139. The van der Waals surface area contributed by atoms with Gasteiger partial charge in [-0.05, 0) is 17.7 Å². The third-order valence-corrected chi connectivity index (χ3v) is 5.18. The second-order valence-electron chi connectivity index (χ2n) is 6.93. The number of esters is 2. The lowest BCUT2D eigenvalue weighted by atomic mass is 9.81. The molecule has 0 fully saturated rings. The summed E-state index contributed by atoms with van der Waals surface area (Å²) in [7, 11) is 1.98. The number of benzene rings is 2. The maximum Gasteiger partial charge on any atom is 0.355 e. The zero-order valence-corrected chi connectivity index (χ0v) is 17.8. The number of halogens is 4. The molecular formula is C23H17F4N3O4. The fourth-order valence-corrected chi connectivity index (χ4v) is 3.69. The van der Waals surface area contributed by atoms with E-state index in [4.69, 9.17) is 15.2 Å². The molecule has 3 rings (SSSR count). The van der Waals surface area contributed by atoms with Crippen LogP contribution >= 0.6 is 0 Å². The molecule has 11 heteroatoms. The minimum absolute atomic E-state index is 0.304. The van der Waals surface area contributed by atoms with Crippen LogP contribution in [0.5, 0.6) is 0 Å². The highest BCUT2D eigenvalue weighted by atomic mass is 19.3. The number of allylic oxidation sites excluding steroid dienone is 1. The molecule has 1 aliphatic rings. The number of anilines is 1. The summed E-state index contributed by atoms with van der Waals surface area (Å²) in [5.41, 5.74) is 2.71. The van der Waals surface area contributed by atoms with Gasteiger partial charge in [0.25, 0.3) is 6.43 Å². The van der Waals surface area contributed by atoms with Gasteiger partial charge in [0.05, 0.1) is 48.6 Å². The molecule has 0 aromatic heterocycles. The van der Waals surface area contributed by atoms with Gasteiger partial charge in [0.2, 0.25) is 0 Å². The van der Waals surface area contributed by atoms with E-state index >= 15 is 4.39 Å². The highest BCUT2D eigenvalue weighted by Crippen LogP contribution is 2.44. The smallest absolute Gasteiger partial charge is 0.355 e. The van der Waals surface area contributed by atoms with Crippen molar-refractivity contribution < 1.29 is 36.6 Å². The third-order valence-electron chi connectivity index (χ3n) is 5.18. The quantitative estimate of drug-likeness (QED) is 0.518. The summed E-state index contributed by atoms with van der Waals surface area (Å²) in [6.07, 6.45) is -3.55. The lowest BCUT2D eigenvalue weighted by Gasteiger charge is -2.36. The molecule has 1 unspecified atom stereocenters. The maximum absolute atomic E-state index is 15.1. The number of hydrogen-bond acceptors (Lipinski definition) is 7. The van der Waals surface area contributed by atoms with Gasteiger partial charge in [-0.2, -0.15) is 5.26 Å². The van der Waals surface area contributed by atoms with Gasteiger partial charge < -0.3 is 15.2 Å². The van der Waals surface area contributed by atoms with Crippen LogP contribution < -0.4 is 10.6 Å². The number of nitriles is 1. The van der Waals surface area contributed by atoms with Gasteiger partial charge in [-0.15, -0.1) is 0 Å². The fourth-order valence-electron chi connectivity index (χ4n) is 3.69. The van der Waals surface area contributed by atoms with Crippen molar-refractivity contribution in [3.05, 3.63) is 87.9 Å². The number of nitrogens with zero attached hydrogens (tertiary/aromatic N) is 2. The van der Waals surface area contributed by atoms with Crippen LogP contribution in [0.2, 0.25) is 0 Å². The van der Waals surface area contributed by atoms with Crippen molar-refractivity contribution in [1.29, 1.82) is 5.26 Å². The van der Waals surface area contributed by atoms with Crippen molar-refractivity contribution in [1.82, 2.24) is 0 Å². The number of hydrogen-bond donors (Lipinski definition) is 1. The zero-order chi connectivity index (χ0) is 25.2. The van der Waals surface area contributed by atoms with E-state index in [9.17, 15) is 28.0 Å². The molecule has 34 heavy (non-hydrogen) atoms. The molecule has 0 aliphatic carbocycles. The minimum atomic E-state index is -3.55. The Morgan fingerprint density at radius 3 is 2.21 bits per heavy atom. The van der Waals surface area contributed by atoms with E-state index in [0.29, 0.717) is 16.5 Å². The van der Waals surface area contributed by atoms with E-state index in [1.54, 1.807) is 30.3 Å². The van der Waals surface area contributed by atoms with E-state index in [0.717, 1.165) is 20.3 Å². The highest BCUT2D eigenvalue weighted by molar-refractivity contribution is 6.06. The van der Waals surface area contributed by atoms with Crippen LogP contribution in [0.25, 0.3) is 0 Å². The average Bonchev–Trinajstić information content (AvgIpc) is 2.83. The van der Waals surface area contributed by atoms with Gasteiger partial charge in [0, 0.05) is 0 Å². The van der Waals surface area contributed by atoms with E-state index < -0.39 is 64.3 Å². The van der Waals surface area contributed by atoms with Crippen molar-refractivity contribution >= 4 is 17.6 Å². The largest absolute Gasteiger partial charge is 0.466 e. The fraction of sp³-hybridized carbons (Fsp3) is 0.174. The third kappa shape index (κ3) is 3.94. The first kappa shape index (κ1) is 24.3. The Morgan fingerprint density at radius 2 is 1.68 bits per heavy atom. The minimum Gasteiger partial charge on any atom is -0.466 e. The lowest BCUT2D eigenvalue weighted by Crippen LogP contribution is -2.41. The topological polar surface area (TPSA) is 106 Å². The van der Waals surface area contributed by atoms with Gasteiger partial charge in [-0.25, -0.2) is 27.2 Å². The molecule has 1 atom stereocenters. The van der Waals surface area contributed by atoms with Gasteiger partial charge in [-0.3, -0.25) is 4.90 Å². The van der Waals surface area contributed by atoms with Crippen LogP contribution in [-0.2, 0) is 19.1 Å². The molecule has 2 aromatic rings. The number of alkyl halides is 2.